The molecule has 1 aliphatic heterocycles. The molecule has 1 aliphatic rings. The quantitative estimate of drug-likeness (QED) is 0.843. The summed E-state index contributed by atoms with van der Waals surface area (Å²) < 4.78 is 13.0. The third-order valence-electron chi connectivity index (χ3n) is 4.33. The summed E-state index contributed by atoms with van der Waals surface area (Å²) in [6, 6.07) is 13.1. The molecule has 0 saturated carbocycles. The fraction of sp³-hybridized carbons (Fsp3) is 0.263. The van der Waals surface area contributed by atoms with Gasteiger partial charge >= 0.3 is 6.03 Å². The summed E-state index contributed by atoms with van der Waals surface area (Å²) in [5.74, 6) is -0.640. The molecule has 6 nitrogen and oxygen atoms in total. The fourth-order valence-corrected chi connectivity index (χ4v) is 3.09. The first-order chi connectivity index (χ1) is 13.0. The van der Waals surface area contributed by atoms with Crippen molar-refractivity contribution in [2.75, 3.05) is 42.9 Å². The van der Waals surface area contributed by atoms with Gasteiger partial charge in [-0.3, -0.25) is 4.79 Å². The van der Waals surface area contributed by atoms with Gasteiger partial charge in [-0.05, 0) is 30.3 Å². The highest BCUT2D eigenvalue weighted by molar-refractivity contribution is 6.33. The maximum Gasteiger partial charge on any atom is 0.319 e. The monoisotopic (exact) mass is 390 g/mol. The van der Waals surface area contributed by atoms with Gasteiger partial charge in [-0.15, -0.1) is 0 Å². The van der Waals surface area contributed by atoms with Crippen LogP contribution in [0.25, 0.3) is 0 Å². The van der Waals surface area contributed by atoms with Crippen LogP contribution in [0, 0.1) is 5.82 Å². The van der Waals surface area contributed by atoms with E-state index in [9.17, 15) is 14.0 Å². The molecule has 1 saturated heterocycles. The highest BCUT2D eigenvalue weighted by Gasteiger charge is 2.21. The predicted molar refractivity (Wildman–Crippen MR) is 104 cm³/mol. The van der Waals surface area contributed by atoms with E-state index in [0.717, 1.165) is 24.8 Å². The molecule has 1 fully saturated rings. The second-order valence-corrected chi connectivity index (χ2v) is 6.54. The van der Waals surface area contributed by atoms with E-state index in [-0.39, 0.29) is 23.2 Å². The predicted octanol–water partition coefficient (Wildman–Crippen LogP) is 2.95. The van der Waals surface area contributed by atoms with E-state index in [1.54, 1.807) is 4.90 Å². The second-order valence-electron chi connectivity index (χ2n) is 6.14. The minimum Gasteiger partial charge on any atom is -0.368 e. The molecule has 0 aromatic heterocycles. The number of urea groups is 1. The average molecular weight is 391 g/mol. The highest BCUT2D eigenvalue weighted by Crippen LogP contribution is 2.22. The largest absolute Gasteiger partial charge is 0.368 e. The molecule has 0 bridgehead atoms. The molecule has 2 N–H and O–H groups in total. The highest BCUT2D eigenvalue weighted by atomic mass is 35.5. The summed E-state index contributed by atoms with van der Waals surface area (Å²) in [7, 11) is 0. The molecule has 3 amide bonds. The van der Waals surface area contributed by atoms with Gasteiger partial charge in [0, 0.05) is 31.9 Å². The van der Waals surface area contributed by atoms with Crippen LogP contribution in [0.3, 0.4) is 0 Å². The van der Waals surface area contributed by atoms with Crippen molar-refractivity contribution < 1.29 is 14.0 Å². The molecule has 2 aromatic carbocycles. The number of carbonyl (C=O) groups excluding carboxylic acids is 2. The van der Waals surface area contributed by atoms with E-state index in [0.29, 0.717) is 13.1 Å². The van der Waals surface area contributed by atoms with Gasteiger partial charge in [0.15, 0.2) is 0 Å². The zero-order valence-electron chi connectivity index (χ0n) is 14.6. The first kappa shape index (κ1) is 19.0. The number of piperazine rings is 1. The number of para-hydroxylation sites is 1. The van der Waals surface area contributed by atoms with Gasteiger partial charge in [-0.1, -0.05) is 29.8 Å². The lowest BCUT2D eigenvalue weighted by Gasteiger charge is -2.36. The SMILES string of the molecule is O=C(NCC(=O)N1CCN(c2ccccc2)CC1)Nc1ccc(F)cc1Cl. The number of amides is 3. The lowest BCUT2D eigenvalue weighted by atomic mass is 10.2. The number of nitrogens with zero attached hydrogens (tertiary/aromatic N) is 2. The second kappa shape index (κ2) is 8.73. The molecule has 0 aliphatic carbocycles. The van der Waals surface area contributed by atoms with Crippen LogP contribution in [0.5, 0.6) is 0 Å². The Morgan fingerprint density at radius 3 is 2.41 bits per heavy atom. The Kier molecular flexibility index (Phi) is 6.13. The summed E-state index contributed by atoms with van der Waals surface area (Å²) in [5, 5.41) is 5.09. The van der Waals surface area contributed by atoms with Crippen molar-refractivity contribution in [1.29, 1.82) is 0 Å². The van der Waals surface area contributed by atoms with Crippen LogP contribution in [-0.4, -0.2) is 49.6 Å². The van der Waals surface area contributed by atoms with Crippen molar-refractivity contribution in [3.05, 3.63) is 59.4 Å². The minimum atomic E-state index is -0.570. The number of rotatable bonds is 4. The van der Waals surface area contributed by atoms with E-state index in [4.69, 9.17) is 11.6 Å². The third kappa shape index (κ3) is 5.10. The summed E-state index contributed by atoms with van der Waals surface area (Å²) in [4.78, 5) is 28.2. The first-order valence-corrected chi connectivity index (χ1v) is 8.98. The topological polar surface area (TPSA) is 64.7 Å². The number of hydrogen-bond acceptors (Lipinski definition) is 3. The molecule has 0 unspecified atom stereocenters. The van der Waals surface area contributed by atoms with E-state index in [1.807, 2.05) is 30.3 Å². The molecular formula is C19H20ClFN4O2. The Hall–Kier alpha value is -2.80. The van der Waals surface area contributed by atoms with Crippen molar-refractivity contribution in [1.82, 2.24) is 10.2 Å². The number of carbonyl (C=O) groups is 2. The lowest BCUT2D eigenvalue weighted by molar-refractivity contribution is -0.130. The van der Waals surface area contributed by atoms with Crippen molar-refractivity contribution in [2.45, 2.75) is 0 Å². The number of benzene rings is 2. The summed E-state index contributed by atoms with van der Waals surface area (Å²) in [5.41, 5.74) is 1.41. The van der Waals surface area contributed by atoms with E-state index >= 15 is 0 Å². The maximum absolute atomic E-state index is 13.0. The summed E-state index contributed by atoms with van der Waals surface area (Å²) in [6.45, 7) is 2.57. The average Bonchev–Trinajstić information content (AvgIpc) is 2.69. The van der Waals surface area contributed by atoms with Gasteiger partial charge in [0.1, 0.15) is 5.82 Å². The number of anilines is 2. The number of hydrogen-bond donors (Lipinski definition) is 2. The van der Waals surface area contributed by atoms with Crippen LogP contribution >= 0.6 is 11.6 Å². The molecule has 0 atom stereocenters. The van der Waals surface area contributed by atoms with Crippen LogP contribution in [0.1, 0.15) is 0 Å². The van der Waals surface area contributed by atoms with E-state index in [2.05, 4.69) is 15.5 Å². The summed E-state index contributed by atoms with van der Waals surface area (Å²) >= 11 is 5.86. The molecule has 8 heteroatoms. The molecule has 0 spiro atoms. The van der Waals surface area contributed by atoms with Gasteiger partial charge in [0.05, 0.1) is 17.3 Å². The number of nitrogens with one attached hydrogen (secondary N) is 2. The van der Waals surface area contributed by atoms with E-state index < -0.39 is 11.8 Å². The Bertz CT molecular complexity index is 811. The molecule has 0 radical (unpaired) electrons. The van der Waals surface area contributed by atoms with Crippen LogP contribution < -0.4 is 15.5 Å². The van der Waals surface area contributed by atoms with Crippen molar-refractivity contribution in [2.24, 2.45) is 0 Å². The molecule has 1 heterocycles. The van der Waals surface area contributed by atoms with Gasteiger partial charge < -0.3 is 20.4 Å². The Morgan fingerprint density at radius 1 is 1.04 bits per heavy atom. The third-order valence-corrected chi connectivity index (χ3v) is 4.65. The Balaban J connectivity index is 1.44. The fourth-order valence-electron chi connectivity index (χ4n) is 2.88. The van der Waals surface area contributed by atoms with Crippen molar-refractivity contribution >= 4 is 34.9 Å². The Morgan fingerprint density at radius 2 is 1.74 bits per heavy atom. The Labute approximate surface area is 161 Å². The van der Waals surface area contributed by atoms with Gasteiger partial charge in [-0.25, -0.2) is 9.18 Å². The zero-order chi connectivity index (χ0) is 19.2. The normalized spacial score (nSPS) is 14.0. The smallest absolute Gasteiger partial charge is 0.319 e. The minimum absolute atomic E-state index is 0.0912. The van der Waals surface area contributed by atoms with Crippen molar-refractivity contribution in [3.8, 4) is 0 Å². The van der Waals surface area contributed by atoms with Gasteiger partial charge in [-0.2, -0.15) is 0 Å². The molecule has 2 aromatic rings. The summed E-state index contributed by atoms with van der Waals surface area (Å²) in [6.07, 6.45) is 0. The number of halogens is 2. The van der Waals surface area contributed by atoms with Crippen LogP contribution in [0.4, 0.5) is 20.6 Å². The van der Waals surface area contributed by atoms with E-state index in [1.165, 1.54) is 12.1 Å². The van der Waals surface area contributed by atoms with Gasteiger partial charge in [0.2, 0.25) is 5.91 Å². The van der Waals surface area contributed by atoms with Crippen molar-refractivity contribution in [3.63, 3.8) is 0 Å². The lowest BCUT2D eigenvalue weighted by Crippen LogP contribution is -2.51. The first-order valence-electron chi connectivity index (χ1n) is 8.60. The molecule has 27 heavy (non-hydrogen) atoms. The molecular weight excluding hydrogens is 371 g/mol. The van der Waals surface area contributed by atoms with Crippen LogP contribution in [-0.2, 0) is 4.79 Å². The van der Waals surface area contributed by atoms with Crippen LogP contribution in [0.2, 0.25) is 5.02 Å². The maximum atomic E-state index is 13.0. The van der Waals surface area contributed by atoms with Gasteiger partial charge in [0.25, 0.3) is 0 Å². The zero-order valence-corrected chi connectivity index (χ0v) is 15.4. The van der Waals surface area contributed by atoms with Crippen LogP contribution in [0.15, 0.2) is 48.5 Å². The molecule has 142 valence electrons. The standard InChI is InChI=1S/C19H20ClFN4O2/c20-16-12-14(21)6-7-17(16)23-19(27)22-13-18(26)25-10-8-24(9-11-25)15-4-2-1-3-5-15/h1-7,12H,8-11,13H2,(H2,22,23,27). The molecule has 3 rings (SSSR count).